The van der Waals surface area contributed by atoms with E-state index in [1.165, 1.54) is 12.3 Å². The second kappa shape index (κ2) is 10.3. The monoisotopic (exact) mass is 500 g/mol. The van der Waals surface area contributed by atoms with Crippen molar-refractivity contribution in [2.45, 2.75) is 48.9 Å². The zero-order chi connectivity index (χ0) is 24.3. The number of likely N-dealkylation sites (tertiary alicyclic amines) is 1. The van der Waals surface area contributed by atoms with Crippen molar-refractivity contribution in [1.29, 1.82) is 0 Å². The van der Waals surface area contributed by atoms with Crippen LogP contribution in [-0.4, -0.2) is 49.1 Å². The molecule has 3 heterocycles. The van der Waals surface area contributed by atoms with Crippen molar-refractivity contribution in [3.63, 3.8) is 0 Å². The van der Waals surface area contributed by atoms with Gasteiger partial charge in [0.05, 0.1) is 4.90 Å². The van der Waals surface area contributed by atoms with Crippen LogP contribution in [0.25, 0.3) is 0 Å². The Bertz CT molecular complexity index is 1170. The number of carbonyl (C=O) groups is 1. The van der Waals surface area contributed by atoms with Crippen molar-refractivity contribution in [1.82, 2.24) is 15.3 Å². The van der Waals surface area contributed by atoms with Crippen LogP contribution in [-0.2, 0) is 21.1 Å². The van der Waals surface area contributed by atoms with E-state index >= 15 is 0 Å². The van der Waals surface area contributed by atoms with Gasteiger partial charge >= 0.3 is 0 Å². The van der Waals surface area contributed by atoms with E-state index < -0.39 is 21.3 Å². The zero-order valence-electron chi connectivity index (χ0n) is 19.2. The third-order valence-corrected chi connectivity index (χ3v) is 8.68. The highest BCUT2D eigenvalue weighted by Gasteiger charge is 2.34. The van der Waals surface area contributed by atoms with E-state index in [4.69, 9.17) is 11.6 Å². The molecule has 7 nitrogen and oxygen atoms in total. The molecule has 1 aromatic carbocycles. The number of piperidine rings is 1. The smallest absolute Gasteiger partial charge is 0.199 e. The molecule has 0 radical (unpaired) electrons. The molecule has 0 saturated carbocycles. The number of hydrogen-bond donors (Lipinski definition) is 1. The minimum Gasteiger partial charge on any atom is -0.301 e. The maximum atomic E-state index is 13.3. The Labute approximate surface area is 206 Å². The lowest BCUT2D eigenvalue weighted by Crippen LogP contribution is -2.43. The number of hydrogen-bond acceptors (Lipinski definition) is 7. The van der Waals surface area contributed by atoms with Crippen LogP contribution in [0.2, 0.25) is 5.02 Å². The van der Waals surface area contributed by atoms with Gasteiger partial charge in [-0.25, -0.2) is 13.4 Å². The number of nitrogens with one attached hydrogen (secondary N) is 1. The maximum absolute atomic E-state index is 13.3. The number of allylic oxidation sites excluding steroid dienone is 1. The Kier molecular flexibility index (Phi) is 7.40. The number of benzene rings is 1. The van der Waals surface area contributed by atoms with E-state index in [0.29, 0.717) is 17.3 Å². The summed E-state index contributed by atoms with van der Waals surface area (Å²) in [5, 5.41) is 1.55. The van der Waals surface area contributed by atoms with E-state index in [2.05, 4.69) is 17.0 Å². The first kappa shape index (κ1) is 24.4. The van der Waals surface area contributed by atoms with Crippen LogP contribution >= 0.6 is 11.6 Å². The van der Waals surface area contributed by atoms with Gasteiger partial charge in [0.2, 0.25) is 0 Å². The lowest BCUT2D eigenvalue weighted by atomic mass is 9.99. The Hall–Kier alpha value is -2.68. The summed E-state index contributed by atoms with van der Waals surface area (Å²) in [4.78, 5) is 18.5. The number of sulfone groups is 1. The van der Waals surface area contributed by atoms with Crippen molar-refractivity contribution < 1.29 is 13.2 Å². The van der Waals surface area contributed by atoms with E-state index in [9.17, 15) is 13.2 Å². The molecule has 0 amide bonds. The van der Waals surface area contributed by atoms with Crippen molar-refractivity contribution in [2.75, 3.05) is 18.1 Å². The molecule has 1 N–H and O–H groups in total. The predicted octanol–water partition coefficient (Wildman–Crippen LogP) is 3.92. The number of rotatable bonds is 8. The normalized spacial score (nSPS) is 20.2. The van der Waals surface area contributed by atoms with Crippen molar-refractivity contribution >= 4 is 33.5 Å². The first-order valence-corrected chi connectivity index (χ1v) is 13.3. The number of pyridine rings is 1. The highest BCUT2D eigenvalue weighted by molar-refractivity contribution is 7.92. The summed E-state index contributed by atoms with van der Waals surface area (Å²) in [7, 11) is -3.66. The first-order chi connectivity index (χ1) is 16.3. The molecule has 0 bridgehead atoms. The molecule has 34 heavy (non-hydrogen) atoms. The summed E-state index contributed by atoms with van der Waals surface area (Å²) in [6.07, 6.45) is 7.39. The van der Waals surface area contributed by atoms with E-state index in [1.54, 1.807) is 17.1 Å². The number of nitrogens with zero attached hydrogens (tertiary/aromatic N) is 3. The molecule has 1 aromatic heterocycles. The van der Waals surface area contributed by atoms with Crippen LogP contribution < -0.4 is 10.4 Å². The maximum Gasteiger partial charge on any atom is 0.199 e. The fourth-order valence-corrected chi connectivity index (χ4v) is 6.29. The largest absolute Gasteiger partial charge is 0.301 e. The fraction of sp³-hybridized carbons (Fsp3) is 0.360. The van der Waals surface area contributed by atoms with Gasteiger partial charge in [-0.1, -0.05) is 36.2 Å². The molecule has 2 atom stereocenters. The van der Waals surface area contributed by atoms with Gasteiger partial charge in [-0.15, -0.1) is 6.58 Å². The summed E-state index contributed by atoms with van der Waals surface area (Å²) in [5.41, 5.74) is 6.04. The van der Waals surface area contributed by atoms with Gasteiger partial charge in [0.25, 0.3) is 0 Å². The van der Waals surface area contributed by atoms with E-state index in [0.717, 1.165) is 55.5 Å². The Morgan fingerprint density at radius 3 is 2.47 bits per heavy atom. The fourth-order valence-electron chi connectivity index (χ4n) is 4.57. The third kappa shape index (κ3) is 4.89. The third-order valence-electron chi connectivity index (χ3n) is 6.41. The zero-order valence-corrected chi connectivity index (χ0v) is 20.7. The second-order valence-electron chi connectivity index (χ2n) is 8.64. The van der Waals surface area contributed by atoms with Gasteiger partial charge in [-0.2, -0.15) is 0 Å². The first-order valence-electron chi connectivity index (χ1n) is 11.4. The molecule has 9 heteroatoms. The van der Waals surface area contributed by atoms with E-state index in [-0.39, 0.29) is 4.90 Å². The molecule has 2 aliphatic rings. The average Bonchev–Trinajstić information content (AvgIpc) is 3.16. The highest BCUT2D eigenvalue weighted by Crippen LogP contribution is 2.29. The van der Waals surface area contributed by atoms with Crippen LogP contribution in [0.3, 0.4) is 0 Å². The summed E-state index contributed by atoms with van der Waals surface area (Å²) in [6.45, 7) is 7.16. The molecular weight excluding hydrogens is 472 g/mol. The van der Waals surface area contributed by atoms with Crippen LogP contribution in [0.5, 0.6) is 0 Å². The van der Waals surface area contributed by atoms with Crippen molar-refractivity contribution in [2.24, 2.45) is 0 Å². The number of halogens is 1. The number of anilines is 1. The van der Waals surface area contributed by atoms with Gasteiger partial charge in [-0.05, 0) is 74.7 Å². The van der Waals surface area contributed by atoms with Crippen LogP contribution in [0, 0.1) is 0 Å². The summed E-state index contributed by atoms with van der Waals surface area (Å²) in [5.74, 6) is 0.467. The summed E-state index contributed by atoms with van der Waals surface area (Å²) < 4.78 is 26.6. The van der Waals surface area contributed by atoms with Crippen LogP contribution in [0.1, 0.15) is 31.7 Å². The Morgan fingerprint density at radius 2 is 1.88 bits per heavy atom. The van der Waals surface area contributed by atoms with E-state index in [1.807, 2.05) is 36.1 Å². The number of aromatic nitrogens is 1. The lowest BCUT2D eigenvalue weighted by molar-refractivity contribution is -0.108. The number of aldehydes is 1. The summed E-state index contributed by atoms with van der Waals surface area (Å²) >= 11 is 5.99. The lowest BCUT2D eigenvalue weighted by Gasteiger charge is -2.32. The Balaban J connectivity index is 1.53. The quantitative estimate of drug-likeness (QED) is 0.434. The van der Waals surface area contributed by atoms with Crippen molar-refractivity contribution in [3.8, 4) is 0 Å². The van der Waals surface area contributed by atoms with Gasteiger partial charge < -0.3 is 10.2 Å². The topological polar surface area (TPSA) is 82.6 Å². The predicted molar refractivity (Wildman–Crippen MR) is 134 cm³/mol. The van der Waals surface area contributed by atoms with Gasteiger partial charge in [0, 0.05) is 16.9 Å². The minimum absolute atomic E-state index is 0.139. The van der Waals surface area contributed by atoms with Gasteiger partial charge in [0.1, 0.15) is 23.5 Å². The minimum atomic E-state index is -3.66. The molecule has 1 fully saturated rings. The molecule has 0 aliphatic carbocycles. The standard InChI is InChI=1S/C25H29ClN4O3S/c1-3-25(29-13-5-4-6-14-29)34(32,33)21-11-12-24(27-16-21)30-23(17-31)22(18(2)28-30)15-19-7-9-20(26)10-8-19/h3,7-12,16-17,23,25,28H,1,4-6,13-15H2,2H3. The molecule has 2 unspecified atom stereocenters. The molecule has 2 aliphatic heterocycles. The summed E-state index contributed by atoms with van der Waals surface area (Å²) in [6, 6.07) is 10.1. The number of carbonyl (C=O) groups excluding carboxylic acids is 1. The molecular formula is C25H29ClN4O3S. The molecule has 0 spiro atoms. The highest BCUT2D eigenvalue weighted by atomic mass is 35.5. The van der Waals surface area contributed by atoms with Gasteiger partial charge in [0.15, 0.2) is 9.84 Å². The Morgan fingerprint density at radius 1 is 1.18 bits per heavy atom. The van der Waals surface area contributed by atoms with Crippen molar-refractivity contribution in [3.05, 3.63) is 77.1 Å². The second-order valence-corrected chi connectivity index (χ2v) is 11.1. The molecule has 2 aromatic rings. The van der Waals surface area contributed by atoms with Crippen LogP contribution in [0.4, 0.5) is 5.82 Å². The average molecular weight is 501 g/mol. The SMILES string of the molecule is C=CC(N1CCCCC1)S(=O)(=O)c1ccc(N2NC(C)=C(Cc3ccc(Cl)cc3)C2C=O)nc1. The van der Waals surface area contributed by atoms with Crippen LogP contribution in [0.15, 0.2) is 71.4 Å². The molecule has 1 saturated heterocycles. The molecule has 4 rings (SSSR count). The van der Waals surface area contributed by atoms with Gasteiger partial charge in [-0.3, -0.25) is 9.91 Å². The number of hydrazine groups is 1. The molecule has 180 valence electrons.